The summed E-state index contributed by atoms with van der Waals surface area (Å²) in [4.78, 5) is 14.4. The molecule has 0 saturated heterocycles. The molecule has 4 rings (SSSR count). The van der Waals surface area contributed by atoms with Crippen LogP contribution in [-0.2, 0) is 6.54 Å². The van der Waals surface area contributed by atoms with Crippen molar-refractivity contribution in [3.05, 3.63) is 54.0 Å². The largest absolute Gasteiger partial charge is 0.490 e. The number of carbonyl (C=O) groups is 1. The van der Waals surface area contributed by atoms with Gasteiger partial charge in [-0.3, -0.25) is 9.20 Å². The number of fused-ring (bicyclic) bond motifs is 2. The maximum atomic E-state index is 12.8. The predicted octanol–water partition coefficient (Wildman–Crippen LogP) is 2.16. The number of nitrogens with zero attached hydrogens (tertiary/aromatic N) is 4. The summed E-state index contributed by atoms with van der Waals surface area (Å²) in [6, 6.07) is 11.0. The Bertz CT molecular complexity index is 922. The van der Waals surface area contributed by atoms with Crippen molar-refractivity contribution >= 4 is 11.6 Å². The van der Waals surface area contributed by atoms with Gasteiger partial charge in [-0.15, -0.1) is 10.2 Å². The van der Waals surface area contributed by atoms with Gasteiger partial charge in [0.15, 0.2) is 23.0 Å². The fraction of sp³-hybridized carbons (Fsp3) is 0.278. The van der Waals surface area contributed by atoms with Crippen molar-refractivity contribution in [1.29, 1.82) is 0 Å². The Morgan fingerprint density at radius 2 is 2.00 bits per heavy atom. The third kappa shape index (κ3) is 3.00. The number of rotatable bonds is 3. The third-order valence-corrected chi connectivity index (χ3v) is 4.10. The monoisotopic (exact) mass is 338 g/mol. The first-order valence-electron chi connectivity index (χ1n) is 8.16. The lowest BCUT2D eigenvalue weighted by molar-refractivity contribution is 0.0780. The first-order valence-corrected chi connectivity index (χ1v) is 8.16. The zero-order chi connectivity index (χ0) is 17.2. The zero-order valence-electron chi connectivity index (χ0n) is 13.9. The second-order valence-electron chi connectivity index (χ2n) is 5.92. The van der Waals surface area contributed by atoms with Gasteiger partial charge in [0.05, 0.1) is 19.8 Å². The van der Waals surface area contributed by atoms with Crippen LogP contribution in [0.5, 0.6) is 11.5 Å². The lowest BCUT2D eigenvalue weighted by Gasteiger charge is -2.17. The van der Waals surface area contributed by atoms with Crippen LogP contribution in [0.15, 0.2) is 42.6 Å². The summed E-state index contributed by atoms with van der Waals surface area (Å²) >= 11 is 0. The Kier molecular flexibility index (Phi) is 3.97. The van der Waals surface area contributed by atoms with Crippen LogP contribution in [0, 0.1) is 0 Å². The molecule has 7 heteroatoms. The van der Waals surface area contributed by atoms with Gasteiger partial charge in [0.2, 0.25) is 0 Å². The minimum absolute atomic E-state index is 0.108. The number of aromatic nitrogens is 3. The summed E-state index contributed by atoms with van der Waals surface area (Å²) in [6.45, 7) is 1.57. The highest BCUT2D eigenvalue weighted by atomic mass is 16.5. The molecular weight excluding hydrogens is 320 g/mol. The second kappa shape index (κ2) is 6.43. The topological polar surface area (TPSA) is 69.0 Å². The molecule has 0 unspecified atom stereocenters. The minimum atomic E-state index is -0.108. The lowest BCUT2D eigenvalue weighted by atomic mass is 10.1. The molecule has 0 atom stereocenters. The summed E-state index contributed by atoms with van der Waals surface area (Å²) < 4.78 is 13.1. The van der Waals surface area contributed by atoms with Crippen molar-refractivity contribution in [2.24, 2.45) is 0 Å². The molecule has 0 bridgehead atoms. The SMILES string of the molecule is CN(Cc1nnc2ccccn12)C(=O)c1ccc2c(c1)OCCCO2. The molecule has 1 aliphatic rings. The van der Waals surface area contributed by atoms with Crippen LogP contribution in [0.4, 0.5) is 0 Å². The van der Waals surface area contributed by atoms with Gasteiger partial charge in [-0.2, -0.15) is 0 Å². The number of hydrogen-bond donors (Lipinski definition) is 0. The number of benzene rings is 1. The van der Waals surface area contributed by atoms with E-state index in [1.807, 2.05) is 28.8 Å². The van der Waals surface area contributed by atoms with E-state index in [-0.39, 0.29) is 5.91 Å². The van der Waals surface area contributed by atoms with Crippen molar-refractivity contribution in [2.45, 2.75) is 13.0 Å². The van der Waals surface area contributed by atoms with Crippen molar-refractivity contribution < 1.29 is 14.3 Å². The highest BCUT2D eigenvalue weighted by Crippen LogP contribution is 2.30. The average Bonchev–Trinajstić information content (AvgIpc) is 2.89. The van der Waals surface area contributed by atoms with E-state index in [2.05, 4.69) is 10.2 Å². The number of hydrogen-bond acceptors (Lipinski definition) is 5. The van der Waals surface area contributed by atoms with Crippen molar-refractivity contribution in [3.8, 4) is 11.5 Å². The normalized spacial score (nSPS) is 13.5. The van der Waals surface area contributed by atoms with E-state index in [1.54, 1.807) is 30.1 Å². The maximum Gasteiger partial charge on any atom is 0.254 e. The molecule has 128 valence electrons. The number of amides is 1. The Balaban J connectivity index is 1.55. The molecule has 3 aromatic rings. The van der Waals surface area contributed by atoms with Crippen LogP contribution in [0.25, 0.3) is 5.65 Å². The van der Waals surface area contributed by atoms with E-state index >= 15 is 0 Å². The second-order valence-corrected chi connectivity index (χ2v) is 5.92. The van der Waals surface area contributed by atoms with Crippen molar-refractivity contribution in [3.63, 3.8) is 0 Å². The zero-order valence-corrected chi connectivity index (χ0v) is 13.9. The quantitative estimate of drug-likeness (QED) is 0.732. The van der Waals surface area contributed by atoms with Gasteiger partial charge in [-0.1, -0.05) is 6.07 Å². The molecule has 0 spiro atoms. The van der Waals surface area contributed by atoms with Crippen molar-refractivity contribution in [2.75, 3.05) is 20.3 Å². The van der Waals surface area contributed by atoms with E-state index < -0.39 is 0 Å². The van der Waals surface area contributed by atoms with E-state index in [9.17, 15) is 4.79 Å². The van der Waals surface area contributed by atoms with Gasteiger partial charge in [0.1, 0.15) is 0 Å². The number of carbonyl (C=O) groups excluding carboxylic acids is 1. The summed E-state index contributed by atoms with van der Waals surface area (Å²) in [7, 11) is 1.75. The standard InChI is InChI=1S/C18H18N4O3/c1-21(12-17-20-19-16-5-2-3-8-22(16)17)18(23)13-6-7-14-15(11-13)25-10-4-9-24-14/h2-3,5-8,11H,4,9-10,12H2,1H3. The van der Waals surface area contributed by atoms with Gasteiger partial charge in [0.25, 0.3) is 5.91 Å². The average molecular weight is 338 g/mol. The molecule has 1 aliphatic heterocycles. The lowest BCUT2D eigenvalue weighted by Crippen LogP contribution is -2.27. The number of ether oxygens (including phenoxy) is 2. The van der Waals surface area contributed by atoms with Crippen molar-refractivity contribution in [1.82, 2.24) is 19.5 Å². The number of pyridine rings is 1. The highest BCUT2D eigenvalue weighted by Gasteiger charge is 2.18. The summed E-state index contributed by atoms with van der Waals surface area (Å²) in [5.41, 5.74) is 1.31. The fourth-order valence-electron chi connectivity index (χ4n) is 2.80. The van der Waals surface area contributed by atoms with Gasteiger partial charge < -0.3 is 14.4 Å². The van der Waals surface area contributed by atoms with Crippen LogP contribution < -0.4 is 9.47 Å². The maximum absolute atomic E-state index is 12.8. The van der Waals surface area contributed by atoms with Crippen LogP contribution in [-0.4, -0.2) is 45.7 Å². The van der Waals surface area contributed by atoms with Crippen LogP contribution >= 0.6 is 0 Å². The molecule has 0 N–H and O–H groups in total. The van der Waals surface area contributed by atoms with Crippen LogP contribution in [0.3, 0.4) is 0 Å². The molecule has 1 amide bonds. The molecule has 0 fully saturated rings. The molecule has 1 aromatic carbocycles. The Morgan fingerprint density at radius 1 is 1.16 bits per heavy atom. The highest BCUT2D eigenvalue weighted by molar-refractivity contribution is 5.94. The molecule has 0 radical (unpaired) electrons. The van der Waals surface area contributed by atoms with E-state index in [0.717, 1.165) is 12.1 Å². The van der Waals surface area contributed by atoms with Crippen LogP contribution in [0.1, 0.15) is 22.6 Å². The third-order valence-electron chi connectivity index (χ3n) is 4.10. The van der Waals surface area contributed by atoms with E-state index in [0.29, 0.717) is 42.6 Å². The Morgan fingerprint density at radius 3 is 2.88 bits per heavy atom. The smallest absolute Gasteiger partial charge is 0.254 e. The first-order chi connectivity index (χ1) is 12.2. The summed E-state index contributed by atoms with van der Waals surface area (Å²) in [5.74, 6) is 1.90. The van der Waals surface area contributed by atoms with E-state index in [1.165, 1.54) is 0 Å². The molecule has 0 aliphatic carbocycles. The first kappa shape index (κ1) is 15.4. The summed E-state index contributed by atoms with van der Waals surface area (Å²) in [5, 5.41) is 8.28. The Hall–Kier alpha value is -3.09. The van der Waals surface area contributed by atoms with Gasteiger partial charge in [-0.05, 0) is 30.3 Å². The molecule has 0 saturated carbocycles. The van der Waals surface area contributed by atoms with Gasteiger partial charge >= 0.3 is 0 Å². The molecule has 2 aromatic heterocycles. The Labute approximate surface area is 144 Å². The molecule has 25 heavy (non-hydrogen) atoms. The minimum Gasteiger partial charge on any atom is -0.490 e. The molecule has 7 nitrogen and oxygen atoms in total. The van der Waals surface area contributed by atoms with Gasteiger partial charge in [0, 0.05) is 25.2 Å². The van der Waals surface area contributed by atoms with Crippen LogP contribution in [0.2, 0.25) is 0 Å². The molecule has 3 heterocycles. The van der Waals surface area contributed by atoms with Gasteiger partial charge in [-0.25, -0.2) is 0 Å². The fourth-order valence-corrected chi connectivity index (χ4v) is 2.80. The van der Waals surface area contributed by atoms with E-state index in [4.69, 9.17) is 9.47 Å². The summed E-state index contributed by atoms with van der Waals surface area (Å²) in [6.07, 6.45) is 2.72. The molecular formula is C18H18N4O3. The predicted molar refractivity (Wildman–Crippen MR) is 90.8 cm³/mol.